The first-order valence-electron chi connectivity index (χ1n) is 4.29. The van der Waals surface area contributed by atoms with Gasteiger partial charge in [0.15, 0.2) is 5.69 Å². The molecule has 2 N–H and O–H groups in total. The normalized spacial score (nSPS) is 10.1. The molecule has 2 rings (SSSR count). The fourth-order valence-electron chi connectivity index (χ4n) is 1.09. The van der Waals surface area contributed by atoms with Crippen molar-refractivity contribution in [2.75, 3.05) is 5.32 Å². The average molecular weight is 285 g/mol. The zero-order valence-corrected chi connectivity index (χ0v) is 9.45. The summed E-state index contributed by atoms with van der Waals surface area (Å²) in [5.41, 5.74) is 0.630. The Balaban J connectivity index is 2.18. The summed E-state index contributed by atoms with van der Waals surface area (Å²) >= 11 is 3.14. The molecule has 1 heterocycles. The predicted molar refractivity (Wildman–Crippen MR) is 58.4 cm³/mol. The molecular weight excluding hydrogens is 279 g/mol. The fourth-order valence-corrected chi connectivity index (χ4v) is 1.54. The van der Waals surface area contributed by atoms with Crippen LogP contribution in [-0.4, -0.2) is 21.3 Å². The van der Waals surface area contributed by atoms with Crippen LogP contribution in [0.2, 0.25) is 0 Å². The minimum atomic E-state index is -0.416. The van der Waals surface area contributed by atoms with Crippen LogP contribution in [0, 0.1) is 5.82 Å². The molecule has 0 radical (unpaired) electrons. The highest BCUT2D eigenvalue weighted by atomic mass is 79.9. The SMILES string of the molecule is O=C(Nc1ccc(F)cc1Br)c1cn[nH]n1. The number of aromatic nitrogens is 3. The van der Waals surface area contributed by atoms with Crippen molar-refractivity contribution in [3.8, 4) is 0 Å². The van der Waals surface area contributed by atoms with Crippen molar-refractivity contribution in [3.05, 3.63) is 40.4 Å². The molecule has 0 aliphatic rings. The Morgan fingerprint density at radius 2 is 2.31 bits per heavy atom. The van der Waals surface area contributed by atoms with Crippen molar-refractivity contribution in [1.82, 2.24) is 15.4 Å². The van der Waals surface area contributed by atoms with Crippen LogP contribution in [0.3, 0.4) is 0 Å². The summed E-state index contributed by atoms with van der Waals surface area (Å²) in [6.45, 7) is 0. The number of anilines is 1. The molecule has 5 nitrogen and oxygen atoms in total. The van der Waals surface area contributed by atoms with E-state index in [-0.39, 0.29) is 11.5 Å². The third-order valence-corrected chi connectivity index (χ3v) is 2.48. The number of halogens is 2. The lowest BCUT2D eigenvalue weighted by molar-refractivity contribution is 0.102. The molecule has 7 heteroatoms. The number of benzene rings is 1. The number of nitrogens with one attached hydrogen (secondary N) is 2. The van der Waals surface area contributed by atoms with E-state index in [0.717, 1.165) is 0 Å². The molecule has 0 unspecified atom stereocenters. The van der Waals surface area contributed by atoms with Crippen molar-refractivity contribution < 1.29 is 9.18 Å². The van der Waals surface area contributed by atoms with E-state index in [9.17, 15) is 9.18 Å². The fraction of sp³-hybridized carbons (Fsp3) is 0. The standard InChI is InChI=1S/C9H6BrFN4O/c10-6-3-5(11)1-2-7(6)13-9(16)8-4-12-15-14-8/h1-4H,(H,13,16)(H,12,14,15). The third-order valence-electron chi connectivity index (χ3n) is 1.83. The lowest BCUT2D eigenvalue weighted by Gasteiger charge is -2.05. The summed E-state index contributed by atoms with van der Waals surface area (Å²) in [7, 11) is 0. The maximum Gasteiger partial charge on any atom is 0.277 e. The Hall–Kier alpha value is -1.76. The summed E-state index contributed by atoms with van der Waals surface area (Å²) < 4.78 is 13.3. The quantitative estimate of drug-likeness (QED) is 0.886. The van der Waals surface area contributed by atoms with Crippen molar-refractivity contribution in [1.29, 1.82) is 0 Å². The highest BCUT2D eigenvalue weighted by Crippen LogP contribution is 2.23. The molecule has 0 spiro atoms. The topological polar surface area (TPSA) is 70.7 Å². The summed E-state index contributed by atoms with van der Waals surface area (Å²) in [4.78, 5) is 11.6. The summed E-state index contributed by atoms with van der Waals surface area (Å²) in [5, 5.41) is 12.0. The molecule has 0 atom stereocenters. The highest BCUT2D eigenvalue weighted by Gasteiger charge is 2.10. The van der Waals surface area contributed by atoms with Crippen molar-refractivity contribution in [2.24, 2.45) is 0 Å². The number of hydrogen-bond acceptors (Lipinski definition) is 3. The minimum absolute atomic E-state index is 0.163. The van der Waals surface area contributed by atoms with Crippen molar-refractivity contribution >= 4 is 27.5 Å². The van der Waals surface area contributed by atoms with Crippen LogP contribution in [0.4, 0.5) is 10.1 Å². The van der Waals surface area contributed by atoms with E-state index < -0.39 is 5.91 Å². The number of amides is 1. The van der Waals surface area contributed by atoms with Crippen molar-refractivity contribution in [2.45, 2.75) is 0 Å². The van der Waals surface area contributed by atoms with Crippen LogP contribution in [0.1, 0.15) is 10.5 Å². The van der Waals surface area contributed by atoms with E-state index in [1.807, 2.05) is 0 Å². The number of nitrogens with zero attached hydrogens (tertiary/aromatic N) is 2. The van der Waals surface area contributed by atoms with Gasteiger partial charge in [-0.2, -0.15) is 15.4 Å². The molecule has 82 valence electrons. The Labute approximate surface area is 98.2 Å². The van der Waals surface area contributed by atoms with Crippen LogP contribution >= 0.6 is 15.9 Å². The first-order chi connectivity index (χ1) is 7.66. The van der Waals surface area contributed by atoms with Gasteiger partial charge in [0.05, 0.1) is 11.9 Å². The number of rotatable bonds is 2. The predicted octanol–water partition coefficient (Wildman–Crippen LogP) is 1.96. The van der Waals surface area contributed by atoms with Gasteiger partial charge in [0.1, 0.15) is 5.82 Å². The van der Waals surface area contributed by atoms with Gasteiger partial charge in [-0.15, -0.1) is 0 Å². The number of hydrogen-bond donors (Lipinski definition) is 2. The molecular formula is C9H6BrFN4O. The Morgan fingerprint density at radius 1 is 1.50 bits per heavy atom. The van der Waals surface area contributed by atoms with Crippen LogP contribution in [0.5, 0.6) is 0 Å². The van der Waals surface area contributed by atoms with Gasteiger partial charge in [-0.25, -0.2) is 4.39 Å². The monoisotopic (exact) mass is 284 g/mol. The number of H-pyrrole nitrogens is 1. The molecule has 0 bridgehead atoms. The molecule has 0 fully saturated rings. The molecule has 0 aliphatic heterocycles. The zero-order chi connectivity index (χ0) is 11.5. The maximum atomic E-state index is 12.8. The van der Waals surface area contributed by atoms with Gasteiger partial charge in [-0.05, 0) is 34.1 Å². The van der Waals surface area contributed by atoms with Crippen LogP contribution < -0.4 is 5.32 Å². The summed E-state index contributed by atoms with van der Waals surface area (Å²) in [5.74, 6) is -0.799. The largest absolute Gasteiger partial charge is 0.319 e. The van der Waals surface area contributed by atoms with Gasteiger partial charge in [-0.1, -0.05) is 0 Å². The van der Waals surface area contributed by atoms with Gasteiger partial charge in [0, 0.05) is 4.47 Å². The van der Waals surface area contributed by atoms with E-state index in [4.69, 9.17) is 0 Å². The minimum Gasteiger partial charge on any atom is -0.319 e. The maximum absolute atomic E-state index is 12.8. The van der Waals surface area contributed by atoms with Gasteiger partial charge in [0.25, 0.3) is 5.91 Å². The number of aromatic amines is 1. The highest BCUT2D eigenvalue weighted by molar-refractivity contribution is 9.10. The van der Waals surface area contributed by atoms with Gasteiger partial charge >= 0.3 is 0 Å². The second-order valence-electron chi connectivity index (χ2n) is 2.93. The van der Waals surface area contributed by atoms with Gasteiger partial charge in [0.2, 0.25) is 0 Å². The molecule has 16 heavy (non-hydrogen) atoms. The average Bonchev–Trinajstić information content (AvgIpc) is 2.75. The van der Waals surface area contributed by atoms with Crippen LogP contribution in [0.25, 0.3) is 0 Å². The summed E-state index contributed by atoms with van der Waals surface area (Å²) in [6, 6.07) is 3.97. The van der Waals surface area contributed by atoms with Gasteiger partial charge < -0.3 is 5.32 Å². The molecule has 0 aliphatic carbocycles. The molecule has 1 amide bonds. The Morgan fingerprint density at radius 3 is 2.94 bits per heavy atom. The number of carbonyl (C=O) groups is 1. The van der Waals surface area contributed by atoms with E-state index in [1.54, 1.807) is 0 Å². The lowest BCUT2D eigenvalue weighted by atomic mass is 10.3. The van der Waals surface area contributed by atoms with Crippen LogP contribution in [0.15, 0.2) is 28.9 Å². The smallest absolute Gasteiger partial charge is 0.277 e. The first-order valence-corrected chi connectivity index (χ1v) is 5.08. The second-order valence-corrected chi connectivity index (χ2v) is 3.79. The second kappa shape index (κ2) is 4.40. The molecule has 0 saturated carbocycles. The van der Waals surface area contributed by atoms with E-state index in [0.29, 0.717) is 10.2 Å². The van der Waals surface area contributed by atoms with Crippen molar-refractivity contribution in [3.63, 3.8) is 0 Å². The summed E-state index contributed by atoms with van der Waals surface area (Å²) in [6.07, 6.45) is 1.30. The number of carbonyl (C=O) groups excluding carboxylic acids is 1. The molecule has 1 aromatic carbocycles. The van der Waals surface area contributed by atoms with Gasteiger partial charge in [-0.3, -0.25) is 4.79 Å². The molecule has 2 aromatic rings. The Kier molecular flexibility index (Phi) is 2.95. The molecule has 1 aromatic heterocycles. The van der Waals surface area contributed by atoms with E-state index in [1.165, 1.54) is 24.4 Å². The van der Waals surface area contributed by atoms with E-state index >= 15 is 0 Å². The Bertz CT molecular complexity index is 514. The third kappa shape index (κ3) is 2.25. The first kappa shape index (κ1) is 10.7. The zero-order valence-electron chi connectivity index (χ0n) is 7.87. The van der Waals surface area contributed by atoms with Crippen LogP contribution in [-0.2, 0) is 0 Å². The lowest BCUT2D eigenvalue weighted by Crippen LogP contribution is -2.12. The van der Waals surface area contributed by atoms with E-state index in [2.05, 4.69) is 36.7 Å². The molecule has 0 saturated heterocycles.